The topological polar surface area (TPSA) is 24.5 Å². The van der Waals surface area contributed by atoms with Crippen molar-refractivity contribution in [1.29, 1.82) is 0 Å². The molecule has 1 saturated carbocycles. The fourth-order valence-corrected chi connectivity index (χ4v) is 2.69. The largest absolute Gasteiger partial charge is 0.383 e. The number of methoxy groups -OCH3 is 1. The van der Waals surface area contributed by atoms with Crippen LogP contribution >= 0.6 is 0 Å². The number of ether oxygens (including phenoxy) is 1. The monoisotopic (exact) mass is 228 g/mol. The summed E-state index contributed by atoms with van der Waals surface area (Å²) >= 11 is 0. The molecule has 0 saturated heterocycles. The Morgan fingerprint density at radius 2 is 2.00 bits per heavy atom. The molecule has 0 aromatic carbocycles. The van der Waals surface area contributed by atoms with E-state index in [1.807, 2.05) is 7.05 Å². The Morgan fingerprint density at radius 1 is 1.31 bits per heavy atom. The highest BCUT2D eigenvalue weighted by molar-refractivity contribution is 4.79. The third-order valence-electron chi connectivity index (χ3n) is 3.73. The van der Waals surface area contributed by atoms with Gasteiger partial charge in [-0.1, -0.05) is 26.2 Å². The molecule has 0 radical (unpaired) electrons. The summed E-state index contributed by atoms with van der Waals surface area (Å²) in [4.78, 5) is 2.62. The highest BCUT2D eigenvalue weighted by Crippen LogP contribution is 2.22. The van der Waals surface area contributed by atoms with Crippen molar-refractivity contribution >= 4 is 0 Å². The lowest BCUT2D eigenvalue weighted by Gasteiger charge is -2.35. The molecule has 16 heavy (non-hydrogen) atoms. The van der Waals surface area contributed by atoms with E-state index in [-0.39, 0.29) is 0 Å². The molecule has 96 valence electrons. The molecular weight excluding hydrogens is 200 g/mol. The van der Waals surface area contributed by atoms with E-state index in [0.29, 0.717) is 6.04 Å². The fourth-order valence-electron chi connectivity index (χ4n) is 2.69. The zero-order valence-electron chi connectivity index (χ0n) is 11.2. The van der Waals surface area contributed by atoms with Gasteiger partial charge >= 0.3 is 0 Å². The predicted octanol–water partition coefficient (Wildman–Crippen LogP) is 1.88. The number of rotatable bonds is 7. The minimum atomic E-state index is 0.465. The second-order valence-electron chi connectivity index (χ2n) is 4.82. The lowest BCUT2D eigenvalue weighted by atomic mass is 9.94. The molecule has 1 unspecified atom stereocenters. The second kappa shape index (κ2) is 8.04. The van der Waals surface area contributed by atoms with E-state index < -0.39 is 0 Å². The number of hydrogen-bond acceptors (Lipinski definition) is 3. The Balaban J connectivity index is 2.39. The molecule has 0 aromatic rings. The maximum Gasteiger partial charge on any atom is 0.0628 e. The van der Waals surface area contributed by atoms with Gasteiger partial charge in [0, 0.05) is 25.7 Å². The van der Waals surface area contributed by atoms with Gasteiger partial charge in [0.05, 0.1) is 6.61 Å². The SMILES string of the molecule is CCN(CC(COC)NC)C1CCCCC1. The van der Waals surface area contributed by atoms with E-state index >= 15 is 0 Å². The number of nitrogens with zero attached hydrogens (tertiary/aromatic N) is 1. The van der Waals surface area contributed by atoms with Gasteiger partial charge in [0.15, 0.2) is 0 Å². The molecule has 1 rings (SSSR count). The third-order valence-corrected chi connectivity index (χ3v) is 3.73. The first-order valence-corrected chi connectivity index (χ1v) is 6.72. The molecule has 0 bridgehead atoms. The van der Waals surface area contributed by atoms with Gasteiger partial charge in [-0.25, -0.2) is 0 Å². The van der Waals surface area contributed by atoms with Crippen molar-refractivity contribution in [3.63, 3.8) is 0 Å². The van der Waals surface area contributed by atoms with Gasteiger partial charge in [0.2, 0.25) is 0 Å². The van der Waals surface area contributed by atoms with Crippen molar-refractivity contribution in [1.82, 2.24) is 10.2 Å². The molecule has 1 atom stereocenters. The van der Waals surface area contributed by atoms with Crippen LogP contribution in [0, 0.1) is 0 Å². The second-order valence-corrected chi connectivity index (χ2v) is 4.82. The predicted molar refractivity (Wildman–Crippen MR) is 68.8 cm³/mol. The molecular formula is C13H28N2O. The summed E-state index contributed by atoms with van der Waals surface area (Å²) in [5.74, 6) is 0. The van der Waals surface area contributed by atoms with Gasteiger partial charge in [0.25, 0.3) is 0 Å². The molecule has 3 nitrogen and oxygen atoms in total. The highest BCUT2D eigenvalue weighted by atomic mass is 16.5. The van der Waals surface area contributed by atoms with E-state index in [2.05, 4.69) is 17.1 Å². The maximum atomic E-state index is 5.24. The molecule has 1 aliphatic rings. The Labute approximate surface area is 101 Å². The number of likely N-dealkylation sites (N-methyl/N-ethyl adjacent to an activating group) is 2. The van der Waals surface area contributed by atoms with Crippen molar-refractivity contribution in [3.8, 4) is 0 Å². The molecule has 0 aliphatic heterocycles. The van der Waals surface area contributed by atoms with Crippen molar-refractivity contribution in [3.05, 3.63) is 0 Å². The average Bonchev–Trinajstić information content (AvgIpc) is 2.35. The van der Waals surface area contributed by atoms with Gasteiger partial charge in [-0.2, -0.15) is 0 Å². The summed E-state index contributed by atoms with van der Waals surface area (Å²) in [5.41, 5.74) is 0. The van der Waals surface area contributed by atoms with E-state index in [0.717, 1.165) is 25.7 Å². The molecule has 1 N–H and O–H groups in total. The lowest BCUT2D eigenvalue weighted by Crippen LogP contribution is -2.46. The van der Waals surface area contributed by atoms with Gasteiger partial charge in [-0.05, 0) is 26.4 Å². The quantitative estimate of drug-likeness (QED) is 0.720. The van der Waals surface area contributed by atoms with Crippen LogP contribution in [-0.4, -0.2) is 50.8 Å². The minimum absolute atomic E-state index is 0.465. The van der Waals surface area contributed by atoms with Crippen molar-refractivity contribution < 1.29 is 4.74 Å². The van der Waals surface area contributed by atoms with Crippen LogP contribution in [0.1, 0.15) is 39.0 Å². The smallest absolute Gasteiger partial charge is 0.0628 e. The van der Waals surface area contributed by atoms with Gasteiger partial charge in [-0.3, -0.25) is 4.90 Å². The molecule has 1 fully saturated rings. The molecule has 0 aromatic heterocycles. The Bertz CT molecular complexity index is 169. The molecule has 0 amide bonds. The summed E-state index contributed by atoms with van der Waals surface area (Å²) in [5, 5.41) is 3.34. The fraction of sp³-hybridized carbons (Fsp3) is 1.00. The minimum Gasteiger partial charge on any atom is -0.383 e. The van der Waals surface area contributed by atoms with Gasteiger partial charge in [0.1, 0.15) is 0 Å². The molecule has 3 heteroatoms. The Hall–Kier alpha value is -0.120. The van der Waals surface area contributed by atoms with Crippen molar-refractivity contribution in [2.75, 3.05) is 33.9 Å². The summed E-state index contributed by atoms with van der Waals surface area (Å²) in [6.45, 7) is 5.35. The standard InChI is InChI=1S/C13H28N2O/c1-4-15(10-12(14-2)11-16-3)13-8-6-5-7-9-13/h12-14H,4-11H2,1-3H3. The summed E-state index contributed by atoms with van der Waals surface area (Å²) in [7, 11) is 3.81. The van der Waals surface area contributed by atoms with E-state index in [4.69, 9.17) is 4.74 Å². The number of hydrogen-bond donors (Lipinski definition) is 1. The van der Waals surface area contributed by atoms with Crippen LogP contribution < -0.4 is 5.32 Å². The van der Waals surface area contributed by atoms with Crippen LogP contribution in [0.2, 0.25) is 0 Å². The summed E-state index contributed by atoms with van der Waals surface area (Å²) in [6.07, 6.45) is 7.03. The Kier molecular flexibility index (Phi) is 7.01. The molecule has 0 spiro atoms. The van der Waals surface area contributed by atoms with E-state index in [9.17, 15) is 0 Å². The van der Waals surface area contributed by atoms with Gasteiger partial charge in [-0.15, -0.1) is 0 Å². The van der Waals surface area contributed by atoms with Crippen molar-refractivity contribution in [2.45, 2.75) is 51.1 Å². The van der Waals surface area contributed by atoms with Crippen LogP contribution in [0.3, 0.4) is 0 Å². The van der Waals surface area contributed by atoms with Crippen LogP contribution in [0.5, 0.6) is 0 Å². The molecule has 0 heterocycles. The van der Waals surface area contributed by atoms with Crippen LogP contribution in [0.25, 0.3) is 0 Å². The van der Waals surface area contributed by atoms with E-state index in [1.165, 1.54) is 32.1 Å². The van der Waals surface area contributed by atoms with Crippen LogP contribution in [0.4, 0.5) is 0 Å². The van der Waals surface area contributed by atoms with Crippen LogP contribution in [0.15, 0.2) is 0 Å². The number of nitrogens with one attached hydrogen (secondary N) is 1. The average molecular weight is 228 g/mol. The van der Waals surface area contributed by atoms with E-state index in [1.54, 1.807) is 7.11 Å². The first-order chi connectivity index (χ1) is 7.81. The zero-order valence-corrected chi connectivity index (χ0v) is 11.2. The zero-order chi connectivity index (χ0) is 11.8. The first kappa shape index (κ1) is 13.9. The third kappa shape index (κ3) is 4.40. The highest BCUT2D eigenvalue weighted by Gasteiger charge is 2.21. The summed E-state index contributed by atoms with van der Waals surface area (Å²) in [6, 6.07) is 1.28. The van der Waals surface area contributed by atoms with Crippen molar-refractivity contribution in [2.24, 2.45) is 0 Å². The molecule has 1 aliphatic carbocycles. The normalized spacial score (nSPS) is 20.2. The van der Waals surface area contributed by atoms with Gasteiger partial charge < -0.3 is 10.1 Å². The van der Waals surface area contributed by atoms with Crippen LogP contribution in [-0.2, 0) is 4.74 Å². The Morgan fingerprint density at radius 3 is 2.50 bits per heavy atom. The summed E-state index contributed by atoms with van der Waals surface area (Å²) < 4.78 is 5.24. The maximum absolute atomic E-state index is 5.24. The lowest BCUT2D eigenvalue weighted by molar-refractivity contribution is 0.109. The first-order valence-electron chi connectivity index (χ1n) is 6.72.